The Morgan fingerprint density at radius 3 is 2.06 bits per heavy atom. The lowest BCUT2D eigenvalue weighted by Crippen LogP contribution is -2.44. The van der Waals surface area contributed by atoms with E-state index in [0.29, 0.717) is 5.75 Å². The minimum atomic E-state index is -0.158. The highest BCUT2D eigenvalue weighted by Crippen LogP contribution is 2.36. The van der Waals surface area contributed by atoms with Crippen molar-refractivity contribution in [1.82, 2.24) is 4.90 Å². The molecule has 1 fully saturated rings. The van der Waals surface area contributed by atoms with Gasteiger partial charge < -0.3 is 19.9 Å². The van der Waals surface area contributed by atoms with Crippen molar-refractivity contribution in [3.05, 3.63) is 54.1 Å². The molecule has 0 aromatic heterocycles. The van der Waals surface area contributed by atoms with Crippen LogP contribution in [-0.4, -0.2) is 50.6 Å². The molecule has 174 valence electrons. The van der Waals surface area contributed by atoms with Gasteiger partial charge in [-0.05, 0) is 66.3 Å². The summed E-state index contributed by atoms with van der Waals surface area (Å²) >= 11 is 0. The number of rotatable bonds is 7. The van der Waals surface area contributed by atoms with Gasteiger partial charge in [0.2, 0.25) is 0 Å². The molecule has 2 aromatic rings. The van der Waals surface area contributed by atoms with Gasteiger partial charge in [-0.3, -0.25) is 4.79 Å². The topological polar surface area (TPSA) is 44.8 Å². The van der Waals surface area contributed by atoms with Crippen LogP contribution in [0.15, 0.2) is 48.5 Å². The van der Waals surface area contributed by atoms with E-state index in [-0.39, 0.29) is 23.3 Å². The first-order chi connectivity index (χ1) is 15.0. The smallest absolute Gasteiger partial charge is 0.262 e. The van der Waals surface area contributed by atoms with Crippen LogP contribution < -0.4 is 15.0 Å². The van der Waals surface area contributed by atoms with E-state index in [2.05, 4.69) is 81.0 Å². The lowest BCUT2D eigenvalue weighted by molar-refractivity contribution is -0.118. The molecular formula is C27H39N3O2. The summed E-state index contributed by atoms with van der Waals surface area (Å²) in [5.74, 6) is 0.551. The number of carbonyl (C=O) groups excluding carboxylic acids is 1. The van der Waals surface area contributed by atoms with Gasteiger partial charge in [-0.15, -0.1) is 0 Å². The Morgan fingerprint density at radius 1 is 0.906 bits per heavy atom. The number of amides is 1. The van der Waals surface area contributed by atoms with Crippen molar-refractivity contribution in [2.75, 3.05) is 50.1 Å². The van der Waals surface area contributed by atoms with Crippen LogP contribution in [0.25, 0.3) is 0 Å². The van der Waals surface area contributed by atoms with E-state index >= 15 is 0 Å². The number of nitrogens with one attached hydrogen (secondary N) is 1. The average molecular weight is 438 g/mol. The van der Waals surface area contributed by atoms with E-state index in [4.69, 9.17) is 4.74 Å². The fraction of sp³-hybridized carbons (Fsp3) is 0.519. The Morgan fingerprint density at radius 2 is 1.50 bits per heavy atom. The highest BCUT2D eigenvalue weighted by molar-refractivity contribution is 5.92. The second-order valence-electron chi connectivity index (χ2n) is 10.8. The van der Waals surface area contributed by atoms with E-state index in [1.807, 2.05) is 24.3 Å². The highest BCUT2D eigenvalue weighted by atomic mass is 16.5. The van der Waals surface area contributed by atoms with Crippen LogP contribution in [0.5, 0.6) is 5.75 Å². The second kappa shape index (κ2) is 9.95. The Balaban J connectivity index is 1.48. The molecule has 0 atom stereocenters. The average Bonchev–Trinajstić information content (AvgIpc) is 2.72. The zero-order valence-corrected chi connectivity index (χ0v) is 20.6. The molecule has 5 nitrogen and oxygen atoms in total. The lowest BCUT2D eigenvalue weighted by Gasteiger charge is -2.34. The van der Waals surface area contributed by atoms with Crippen LogP contribution in [0.4, 0.5) is 11.4 Å². The molecule has 0 saturated carbocycles. The van der Waals surface area contributed by atoms with Crippen molar-refractivity contribution in [2.45, 2.75) is 46.5 Å². The van der Waals surface area contributed by atoms with Crippen LogP contribution in [0.3, 0.4) is 0 Å². The zero-order chi connectivity index (χ0) is 23.4. The van der Waals surface area contributed by atoms with Gasteiger partial charge in [0, 0.05) is 37.6 Å². The van der Waals surface area contributed by atoms with Crippen molar-refractivity contribution >= 4 is 17.3 Å². The Labute approximate surface area is 193 Å². The summed E-state index contributed by atoms with van der Waals surface area (Å²) < 4.78 is 5.71. The molecule has 1 aliphatic rings. The number of carbonyl (C=O) groups is 1. The zero-order valence-electron chi connectivity index (χ0n) is 20.6. The van der Waals surface area contributed by atoms with E-state index in [9.17, 15) is 4.79 Å². The molecule has 1 saturated heterocycles. The minimum Gasteiger partial charge on any atom is -0.484 e. The Hall–Kier alpha value is -2.53. The molecule has 3 rings (SSSR count). The predicted octanol–water partition coefficient (Wildman–Crippen LogP) is 5.17. The maximum Gasteiger partial charge on any atom is 0.262 e. The maximum absolute atomic E-state index is 12.3. The maximum atomic E-state index is 12.3. The molecule has 1 N–H and O–H groups in total. The molecule has 2 aromatic carbocycles. The van der Waals surface area contributed by atoms with Crippen molar-refractivity contribution in [3.8, 4) is 5.75 Å². The monoisotopic (exact) mass is 437 g/mol. The van der Waals surface area contributed by atoms with Crippen molar-refractivity contribution in [3.63, 3.8) is 0 Å². The predicted molar refractivity (Wildman–Crippen MR) is 134 cm³/mol. The van der Waals surface area contributed by atoms with Crippen LogP contribution in [0.1, 0.15) is 46.6 Å². The van der Waals surface area contributed by atoms with Gasteiger partial charge in [-0.1, -0.05) is 46.8 Å². The van der Waals surface area contributed by atoms with Crippen molar-refractivity contribution in [2.24, 2.45) is 5.41 Å². The van der Waals surface area contributed by atoms with Crippen LogP contribution >= 0.6 is 0 Å². The van der Waals surface area contributed by atoms with Crippen LogP contribution in [0, 0.1) is 5.41 Å². The SMILES string of the molecule is CN1CCN(c2ccc(NC(=O)COc3ccc(C(C)(C)CC(C)(C)C)cc3)cc2)CC1. The van der Waals surface area contributed by atoms with Gasteiger partial charge in [0.25, 0.3) is 5.91 Å². The Bertz CT molecular complexity index is 875. The van der Waals surface area contributed by atoms with E-state index < -0.39 is 0 Å². The minimum absolute atomic E-state index is 0.00899. The molecule has 0 unspecified atom stereocenters. The highest BCUT2D eigenvalue weighted by Gasteiger charge is 2.27. The fourth-order valence-corrected chi connectivity index (χ4v) is 4.60. The molecule has 1 amide bonds. The first-order valence-electron chi connectivity index (χ1n) is 11.6. The van der Waals surface area contributed by atoms with Gasteiger partial charge >= 0.3 is 0 Å². The Kier molecular flexibility index (Phi) is 7.50. The van der Waals surface area contributed by atoms with Crippen molar-refractivity contribution in [1.29, 1.82) is 0 Å². The summed E-state index contributed by atoms with van der Waals surface area (Å²) in [6, 6.07) is 16.2. The molecule has 0 aliphatic carbocycles. The number of benzene rings is 2. The van der Waals surface area contributed by atoms with E-state index in [1.54, 1.807) is 0 Å². The molecule has 32 heavy (non-hydrogen) atoms. The van der Waals surface area contributed by atoms with Gasteiger partial charge in [0.1, 0.15) is 5.75 Å². The third-order valence-electron chi connectivity index (χ3n) is 6.00. The van der Waals surface area contributed by atoms with Crippen LogP contribution in [0.2, 0.25) is 0 Å². The number of anilines is 2. The molecule has 1 heterocycles. The first-order valence-corrected chi connectivity index (χ1v) is 11.6. The molecular weight excluding hydrogens is 398 g/mol. The number of nitrogens with zero attached hydrogens (tertiary/aromatic N) is 2. The molecule has 0 bridgehead atoms. The quantitative estimate of drug-likeness (QED) is 0.649. The number of likely N-dealkylation sites (N-methyl/N-ethyl adjacent to an activating group) is 1. The fourth-order valence-electron chi connectivity index (χ4n) is 4.60. The van der Waals surface area contributed by atoms with Gasteiger partial charge in [-0.2, -0.15) is 0 Å². The van der Waals surface area contributed by atoms with Gasteiger partial charge in [0.15, 0.2) is 6.61 Å². The normalized spacial score (nSPS) is 15.5. The summed E-state index contributed by atoms with van der Waals surface area (Å²) in [6.07, 6.45) is 1.09. The van der Waals surface area contributed by atoms with E-state index in [1.165, 1.54) is 11.3 Å². The third kappa shape index (κ3) is 6.99. The van der Waals surface area contributed by atoms with Gasteiger partial charge in [0.05, 0.1) is 0 Å². The lowest BCUT2D eigenvalue weighted by atomic mass is 9.72. The van der Waals surface area contributed by atoms with Crippen LogP contribution in [-0.2, 0) is 10.2 Å². The molecule has 0 radical (unpaired) electrons. The molecule has 5 heteroatoms. The largest absolute Gasteiger partial charge is 0.484 e. The standard InChI is InChI=1S/C27H39N3O2/c1-26(2,3)20-27(4,5)21-7-13-24(14-8-21)32-19-25(31)28-22-9-11-23(12-10-22)30-17-15-29(6)16-18-30/h7-14H,15-20H2,1-6H3,(H,28,31). The summed E-state index contributed by atoms with van der Waals surface area (Å²) in [4.78, 5) is 17.1. The van der Waals surface area contributed by atoms with Gasteiger partial charge in [-0.25, -0.2) is 0 Å². The molecule has 1 aliphatic heterocycles. The number of piperazine rings is 1. The van der Waals surface area contributed by atoms with Crippen molar-refractivity contribution < 1.29 is 9.53 Å². The summed E-state index contributed by atoms with van der Waals surface area (Å²) in [5.41, 5.74) is 3.62. The number of hydrogen-bond acceptors (Lipinski definition) is 4. The third-order valence-corrected chi connectivity index (χ3v) is 6.00. The summed E-state index contributed by atoms with van der Waals surface area (Å²) in [5, 5.41) is 2.92. The number of hydrogen-bond donors (Lipinski definition) is 1. The summed E-state index contributed by atoms with van der Waals surface area (Å²) in [7, 11) is 2.15. The summed E-state index contributed by atoms with van der Waals surface area (Å²) in [6.45, 7) is 15.6. The number of ether oxygens (including phenoxy) is 1. The molecule has 0 spiro atoms. The van der Waals surface area contributed by atoms with E-state index in [0.717, 1.165) is 38.3 Å². The first kappa shape index (κ1) is 24.1. The second-order valence-corrected chi connectivity index (χ2v) is 10.8.